The largest absolute Gasteiger partial charge is 0.454 e. The number of furan rings is 1. The summed E-state index contributed by atoms with van der Waals surface area (Å²) < 4.78 is 6.06. The summed E-state index contributed by atoms with van der Waals surface area (Å²) in [6.45, 7) is 3.67. The first-order chi connectivity index (χ1) is 14.3. The van der Waals surface area contributed by atoms with Crippen molar-refractivity contribution in [3.8, 4) is 11.3 Å². The van der Waals surface area contributed by atoms with E-state index in [9.17, 15) is 0 Å². The lowest BCUT2D eigenvalue weighted by Gasteiger charge is -2.37. The molecule has 3 nitrogen and oxygen atoms in total. The van der Waals surface area contributed by atoms with Crippen molar-refractivity contribution in [1.82, 2.24) is 4.90 Å². The van der Waals surface area contributed by atoms with Crippen LogP contribution in [0, 0.1) is 0 Å². The number of nitrogens with zero attached hydrogens (tertiary/aromatic N) is 2. The van der Waals surface area contributed by atoms with Crippen LogP contribution in [0.15, 0.2) is 89.3 Å². The van der Waals surface area contributed by atoms with E-state index in [0.717, 1.165) is 48.3 Å². The zero-order chi connectivity index (χ0) is 19.6. The highest BCUT2D eigenvalue weighted by Crippen LogP contribution is 2.28. The summed E-state index contributed by atoms with van der Waals surface area (Å²) in [5.74, 6) is 1.63. The van der Waals surface area contributed by atoms with Gasteiger partial charge in [-0.25, -0.2) is 0 Å². The molecule has 0 aliphatic carbocycles. The first kappa shape index (κ1) is 18.0. The fraction of sp³-hybridized carbons (Fsp3) is 0.160. The molecule has 1 aliphatic rings. The normalized spacial score (nSPS) is 14.3. The van der Waals surface area contributed by atoms with E-state index in [0.29, 0.717) is 0 Å². The minimum atomic E-state index is 0.775. The Hall–Kier alpha value is -3.11. The van der Waals surface area contributed by atoms with Crippen LogP contribution < -0.4 is 4.90 Å². The van der Waals surface area contributed by atoms with Gasteiger partial charge in [0.25, 0.3) is 0 Å². The minimum Gasteiger partial charge on any atom is -0.454 e. The van der Waals surface area contributed by atoms with E-state index in [2.05, 4.69) is 64.4 Å². The van der Waals surface area contributed by atoms with Gasteiger partial charge in [0.05, 0.1) is 0 Å². The van der Waals surface area contributed by atoms with Crippen molar-refractivity contribution < 1.29 is 4.42 Å². The topological polar surface area (TPSA) is 19.6 Å². The molecule has 0 N–H and O–H groups in total. The summed E-state index contributed by atoms with van der Waals surface area (Å²) in [7, 11) is 0. The molecule has 144 valence electrons. The van der Waals surface area contributed by atoms with Gasteiger partial charge in [-0.2, -0.15) is 0 Å². The second kappa shape index (κ2) is 7.72. The van der Waals surface area contributed by atoms with Gasteiger partial charge in [-0.1, -0.05) is 78.9 Å². The first-order valence-corrected chi connectivity index (χ1v) is 10.4. The fourth-order valence-electron chi connectivity index (χ4n) is 4.00. The van der Waals surface area contributed by atoms with E-state index < -0.39 is 0 Å². The molecule has 0 amide bonds. The SMILES string of the molecule is S=C(c1ccc(-c2ccccc2)o1)N1CCN(c2cccc3ccccc23)CC1. The van der Waals surface area contributed by atoms with E-state index in [1.165, 1.54) is 16.5 Å². The first-order valence-electron chi connectivity index (χ1n) is 9.97. The van der Waals surface area contributed by atoms with Gasteiger partial charge < -0.3 is 14.2 Å². The van der Waals surface area contributed by atoms with Crippen LogP contribution in [0.1, 0.15) is 5.76 Å². The smallest absolute Gasteiger partial charge is 0.162 e. The van der Waals surface area contributed by atoms with E-state index in [1.807, 2.05) is 30.3 Å². The molecular weight excluding hydrogens is 376 g/mol. The van der Waals surface area contributed by atoms with Gasteiger partial charge in [0, 0.05) is 42.8 Å². The van der Waals surface area contributed by atoms with Crippen molar-refractivity contribution >= 4 is 33.7 Å². The molecule has 1 aliphatic heterocycles. The van der Waals surface area contributed by atoms with E-state index >= 15 is 0 Å². The van der Waals surface area contributed by atoms with Crippen molar-refractivity contribution in [1.29, 1.82) is 0 Å². The Morgan fingerprint density at radius 1 is 0.724 bits per heavy atom. The summed E-state index contributed by atoms with van der Waals surface area (Å²) in [6.07, 6.45) is 0. The maximum Gasteiger partial charge on any atom is 0.162 e. The van der Waals surface area contributed by atoms with Crippen LogP contribution in [0.3, 0.4) is 0 Å². The molecule has 3 aromatic carbocycles. The molecule has 29 heavy (non-hydrogen) atoms. The minimum absolute atomic E-state index is 0.775. The molecule has 0 atom stereocenters. The van der Waals surface area contributed by atoms with Crippen LogP contribution >= 0.6 is 12.2 Å². The highest BCUT2D eigenvalue weighted by Gasteiger charge is 2.22. The van der Waals surface area contributed by atoms with Crippen molar-refractivity contribution in [2.75, 3.05) is 31.1 Å². The maximum atomic E-state index is 6.06. The van der Waals surface area contributed by atoms with Crippen molar-refractivity contribution in [3.05, 3.63) is 90.7 Å². The Bertz CT molecular complexity index is 1140. The van der Waals surface area contributed by atoms with E-state index in [4.69, 9.17) is 16.6 Å². The molecule has 1 aromatic heterocycles. The van der Waals surface area contributed by atoms with E-state index in [1.54, 1.807) is 0 Å². The van der Waals surface area contributed by atoms with Crippen molar-refractivity contribution in [2.45, 2.75) is 0 Å². The molecule has 1 fully saturated rings. The van der Waals surface area contributed by atoms with Crippen LogP contribution in [-0.4, -0.2) is 36.1 Å². The number of fused-ring (bicyclic) bond motifs is 1. The average molecular weight is 399 g/mol. The number of thiocarbonyl (C=S) groups is 1. The van der Waals surface area contributed by atoms with E-state index in [-0.39, 0.29) is 0 Å². The number of rotatable bonds is 3. The summed E-state index contributed by atoms with van der Waals surface area (Å²) in [6, 6.07) is 29.2. The molecule has 0 saturated carbocycles. The lowest BCUT2D eigenvalue weighted by Crippen LogP contribution is -2.48. The summed E-state index contributed by atoms with van der Waals surface area (Å²) in [4.78, 5) is 5.51. The Kier molecular flexibility index (Phi) is 4.78. The highest BCUT2D eigenvalue weighted by atomic mass is 32.1. The zero-order valence-corrected chi connectivity index (χ0v) is 16.9. The molecule has 0 spiro atoms. The molecule has 0 unspecified atom stereocenters. The van der Waals surface area contributed by atoms with Crippen LogP contribution in [0.25, 0.3) is 22.1 Å². The van der Waals surface area contributed by atoms with Crippen LogP contribution in [0.5, 0.6) is 0 Å². The summed E-state index contributed by atoms with van der Waals surface area (Å²) >= 11 is 5.75. The van der Waals surface area contributed by atoms with Gasteiger partial charge in [0.15, 0.2) is 5.76 Å². The van der Waals surface area contributed by atoms with Gasteiger partial charge in [-0.15, -0.1) is 0 Å². The summed E-state index contributed by atoms with van der Waals surface area (Å²) in [5, 5.41) is 2.59. The van der Waals surface area contributed by atoms with Crippen LogP contribution in [0.2, 0.25) is 0 Å². The number of hydrogen-bond acceptors (Lipinski definition) is 3. The van der Waals surface area contributed by atoms with Gasteiger partial charge >= 0.3 is 0 Å². The fourth-order valence-corrected chi connectivity index (χ4v) is 4.29. The maximum absolute atomic E-state index is 6.06. The average Bonchev–Trinajstić information content (AvgIpc) is 3.29. The van der Waals surface area contributed by atoms with Crippen LogP contribution in [-0.2, 0) is 0 Å². The molecule has 1 saturated heterocycles. The molecule has 4 aromatic rings. The summed E-state index contributed by atoms with van der Waals surface area (Å²) in [5.41, 5.74) is 2.38. The van der Waals surface area contributed by atoms with Gasteiger partial charge in [0.1, 0.15) is 10.7 Å². The van der Waals surface area contributed by atoms with Crippen LogP contribution in [0.4, 0.5) is 5.69 Å². The number of anilines is 1. The lowest BCUT2D eigenvalue weighted by molar-refractivity contribution is 0.385. The quantitative estimate of drug-likeness (QED) is 0.418. The van der Waals surface area contributed by atoms with Gasteiger partial charge in [-0.05, 0) is 23.6 Å². The van der Waals surface area contributed by atoms with Gasteiger partial charge in [-0.3, -0.25) is 0 Å². The predicted octanol–water partition coefficient (Wildman–Crippen LogP) is 5.60. The monoisotopic (exact) mass is 398 g/mol. The Labute approximate surface area is 176 Å². The van der Waals surface area contributed by atoms with Gasteiger partial charge in [0.2, 0.25) is 0 Å². The third kappa shape index (κ3) is 3.52. The van der Waals surface area contributed by atoms with Crippen molar-refractivity contribution in [3.63, 3.8) is 0 Å². The number of piperazine rings is 1. The molecule has 5 rings (SSSR count). The second-order valence-electron chi connectivity index (χ2n) is 7.31. The Morgan fingerprint density at radius 3 is 2.28 bits per heavy atom. The third-order valence-corrected chi connectivity index (χ3v) is 6.01. The highest BCUT2D eigenvalue weighted by molar-refractivity contribution is 7.80. The molecule has 2 heterocycles. The van der Waals surface area contributed by atoms with Crippen molar-refractivity contribution in [2.24, 2.45) is 0 Å². The predicted molar refractivity (Wildman–Crippen MR) is 124 cm³/mol. The molecule has 0 radical (unpaired) electrons. The lowest BCUT2D eigenvalue weighted by atomic mass is 10.1. The molecule has 0 bridgehead atoms. The molecule has 4 heteroatoms. The Morgan fingerprint density at radius 2 is 1.45 bits per heavy atom. The standard InChI is InChI=1S/C25H22N2OS/c29-25(24-14-13-23(28-24)20-8-2-1-3-9-20)27-17-15-26(16-18-27)22-12-6-10-19-7-4-5-11-21(19)22/h1-14H,15-18H2. The Balaban J connectivity index is 1.29. The molecular formula is C25H22N2OS. The second-order valence-corrected chi connectivity index (χ2v) is 7.69. The third-order valence-electron chi connectivity index (χ3n) is 5.55. The number of hydrogen-bond donors (Lipinski definition) is 0. The number of benzene rings is 3. The zero-order valence-electron chi connectivity index (χ0n) is 16.1.